The molecule has 0 saturated heterocycles. The molecule has 0 atom stereocenters. The molecular formula is C14H23N3O. The second-order valence-electron chi connectivity index (χ2n) is 5.38. The molecule has 2 N–H and O–H groups in total. The standard InChI is InChI=1S/C14H23N3O/c1-5-17(10-14(3,4)9-15)13(18)12-7-6-11(2)16-8-12/h6-8H,5,9-10,15H2,1-4H3. The zero-order chi connectivity index (χ0) is 13.8. The monoisotopic (exact) mass is 249 g/mol. The average Bonchev–Trinajstić information content (AvgIpc) is 2.36. The van der Waals surface area contributed by atoms with Crippen molar-refractivity contribution >= 4 is 5.91 Å². The normalized spacial score (nSPS) is 11.4. The Balaban J connectivity index is 2.82. The molecule has 4 nitrogen and oxygen atoms in total. The fourth-order valence-electron chi connectivity index (χ4n) is 1.69. The third-order valence-electron chi connectivity index (χ3n) is 3.00. The Morgan fingerprint density at radius 2 is 2.11 bits per heavy atom. The quantitative estimate of drug-likeness (QED) is 0.866. The number of aromatic nitrogens is 1. The van der Waals surface area contributed by atoms with Gasteiger partial charge in [0.1, 0.15) is 0 Å². The van der Waals surface area contributed by atoms with E-state index in [0.29, 0.717) is 25.2 Å². The van der Waals surface area contributed by atoms with Crippen LogP contribution >= 0.6 is 0 Å². The summed E-state index contributed by atoms with van der Waals surface area (Å²) in [7, 11) is 0. The molecule has 0 spiro atoms. The summed E-state index contributed by atoms with van der Waals surface area (Å²) in [4.78, 5) is 18.3. The van der Waals surface area contributed by atoms with Crippen LogP contribution in [0, 0.1) is 12.3 Å². The predicted octanol–water partition coefficient (Wildman–Crippen LogP) is 1.84. The van der Waals surface area contributed by atoms with Gasteiger partial charge in [-0.05, 0) is 37.9 Å². The molecule has 1 rings (SSSR count). The van der Waals surface area contributed by atoms with E-state index >= 15 is 0 Å². The first-order valence-electron chi connectivity index (χ1n) is 6.31. The van der Waals surface area contributed by atoms with Crippen LogP contribution in [0.15, 0.2) is 18.3 Å². The molecule has 4 heteroatoms. The van der Waals surface area contributed by atoms with Gasteiger partial charge in [-0.15, -0.1) is 0 Å². The lowest BCUT2D eigenvalue weighted by molar-refractivity contribution is 0.0700. The molecule has 0 aliphatic rings. The van der Waals surface area contributed by atoms with E-state index in [1.54, 1.807) is 6.20 Å². The van der Waals surface area contributed by atoms with Crippen LogP contribution in [-0.2, 0) is 0 Å². The molecular weight excluding hydrogens is 226 g/mol. The van der Waals surface area contributed by atoms with E-state index in [2.05, 4.69) is 18.8 Å². The van der Waals surface area contributed by atoms with Crippen LogP contribution in [-0.4, -0.2) is 35.4 Å². The lowest BCUT2D eigenvalue weighted by Gasteiger charge is -2.31. The molecule has 1 heterocycles. The molecule has 1 aromatic rings. The maximum atomic E-state index is 12.3. The molecule has 0 aliphatic carbocycles. The Kier molecular flexibility index (Phi) is 4.84. The largest absolute Gasteiger partial charge is 0.338 e. The summed E-state index contributed by atoms with van der Waals surface area (Å²) in [5.41, 5.74) is 7.20. The molecule has 100 valence electrons. The van der Waals surface area contributed by atoms with E-state index in [0.717, 1.165) is 5.69 Å². The molecule has 0 fully saturated rings. The molecule has 0 bridgehead atoms. The van der Waals surface area contributed by atoms with Gasteiger partial charge in [-0.3, -0.25) is 9.78 Å². The highest BCUT2D eigenvalue weighted by molar-refractivity contribution is 5.93. The fourth-order valence-corrected chi connectivity index (χ4v) is 1.69. The number of hydrogen-bond acceptors (Lipinski definition) is 3. The first-order valence-corrected chi connectivity index (χ1v) is 6.31. The Bertz CT molecular complexity index is 398. The van der Waals surface area contributed by atoms with Crippen molar-refractivity contribution in [2.24, 2.45) is 11.1 Å². The number of nitrogens with zero attached hydrogens (tertiary/aromatic N) is 2. The van der Waals surface area contributed by atoms with Crippen molar-refractivity contribution in [2.45, 2.75) is 27.7 Å². The number of amides is 1. The van der Waals surface area contributed by atoms with Crippen molar-refractivity contribution in [3.8, 4) is 0 Å². The lowest BCUT2D eigenvalue weighted by Crippen LogP contribution is -2.42. The van der Waals surface area contributed by atoms with Crippen molar-refractivity contribution in [1.82, 2.24) is 9.88 Å². The van der Waals surface area contributed by atoms with E-state index in [4.69, 9.17) is 5.73 Å². The number of carbonyl (C=O) groups excluding carboxylic acids is 1. The van der Waals surface area contributed by atoms with Crippen molar-refractivity contribution in [1.29, 1.82) is 0 Å². The van der Waals surface area contributed by atoms with Gasteiger partial charge in [-0.1, -0.05) is 13.8 Å². The molecule has 1 amide bonds. The van der Waals surface area contributed by atoms with Gasteiger partial charge in [0, 0.05) is 25.0 Å². The van der Waals surface area contributed by atoms with E-state index < -0.39 is 0 Å². The number of carbonyl (C=O) groups is 1. The summed E-state index contributed by atoms with van der Waals surface area (Å²) in [6.45, 7) is 9.91. The highest BCUT2D eigenvalue weighted by Gasteiger charge is 2.23. The van der Waals surface area contributed by atoms with Crippen molar-refractivity contribution in [3.05, 3.63) is 29.6 Å². The highest BCUT2D eigenvalue weighted by Crippen LogP contribution is 2.16. The van der Waals surface area contributed by atoms with Gasteiger partial charge in [0.05, 0.1) is 5.56 Å². The van der Waals surface area contributed by atoms with Crippen molar-refractivity contribution in [3.63, 3.8) is 0 Å². The SMILES string of the molecule is CCN(CC(C)(C)CN)C(=O)c1ccc(C)nc1. The number of pyridine rings is 1. The van der Waals surface area contributed by atoms with Crippen molar-refractivity contribution in [2.75, 3.05) is 19.6 Å². The third kappa shape index (κ3) is 3.81. The molecule has 1 aromatic heterocycles. The number of nitrogens with two attached hydrogens (primary N) is 1. The van der Waals surface area contributed by atoms with Gasteiger partial charge in [0.25, 0.3) is 5.91 Å². The van der Waals surface area contributed by atoms with Crippen LogP contribution in [0.3, 0.4) is 0 Å². The van der Waals surface area contributed by atoms with Gasteiger partial charge in [0.2, 0.25) is 0 Å². The maximum absolute atomic E-state index is 12.3. The number of rotatable bonds is 5. The van der Waals surface area contributed by atoms with Crippen molar-refractivity contribution < 1.29 is 4.79 Å². The van der Waals surface area contributed by atoms with Gasteiger partial charge in [-0.25, -0.2) is 0 Å². The average molecular weight is 249 g/mol. The summed E-state index contributed by atoms with van der Waals surface area (Å²) in [5, 5.41) is 0. The minimum atomic E-state index is -0.0657. The van der Waals surface area contributed by atoms with Gasteiger partial charge >= 0.3 is 0 Å². The zero-order valence-corrected chi connectivity index (χ0v) is 11.7. The van der Waals surface area contributed by atoms with Crippen LogP contribution in [0.1, 0.15) is 36.8 Å². The lowest BCUT2D eigenvalue weighted by atomic mass is 9.93. The van der Waals surface area contributed by atoms with Gasteiger partial charge in [-0.2, -0.15) is 0 Å². The third-order valence-corrected chi connectivity index (χ3v) is 3.00. The van der Waals surface area contributed by atoms with Crippen LogP contribution in [0.5, 0.6) is 0 Å². The van der Waals surface area contributed by atoms with Crippen LogP contribution in [0.4, 0.5) is 0 Å². The molecule has 0 saturated carbocycles. The Labute approximate surface area is 109 Å². The molecule has 0 aromatic carbocycles. The topological polar surface area (TPSA) is 59.2 Å². The number of aryl methyl sites for hydroxylation is 1. The Morgan fingerprint density at radius 1 is 1.44 bits per heavy atom. The number of hydrogen-bond donors (Lipinski definition) is 1. The Morgan fingerprint density at radius 3 is 2.56 bits per heavy atom. The van der Waals surface area contributed by atoms with E-state index in [-0.39, 0.29) is 11.3 Å². The minimum Gasteiger partial charge on any atom is -0.338 e. The van der Waals surface area contributed by atoms with E-state index in [1.165, 1.54) is 0 Å². The van der Waals surface area contributed by atoms with Crippen LogP contribution in [0.2, 0.25) is 0 Å². The fraction of sp³-hybridized carbons (Fsp3) is 0.571. The predicted molar refractivity (Wildman–Crippen MR) is 73.4 cm³/mol. The molecule has 18 heavy (non-hydrogen) atoms. The Hall–Kier alpha value is -1.42. The molecule has 0 unspecified atom stereocenters. The summed E-state index contributed by atoms with van der Waals surface area (Å²) >= 11 is 0. The minimum absolute atomic E-state index is 0.0199. The summed E-state index contributed by atoms with van der Waals surface area (Å²) in [5.74, 6) is 0.0199. The van der Waals surface area contributed by atoms with Gasteiger partial charge < -0.3 is 10.6 Å². The summed E-state index contributed by atoms with van der Waals surface area (Å²) < 4.78 is 0. The van der Waals surface area contributed by atoms with E-state index in [1.807, 2.05) is 30.9 Å². The van der Waals surface area contributed by atoms with Gasteiger partial charge in [0.15, 0.2) is 0 Å². The first kappa shape index (κ1) is 14.6. The van der Waals surface area contributed by atoms with Crippen LogP contribution < -0.4 is 5.73 Å². The van der Waals surface area contributed by atoms with Crippen LogP contribution in [0.25, 0.3) is 0 Å². The zero-order valence-electron chi connectivity index (χ0n) is 11.7. The molecule has 0 aliphatic heterocycles. The molecule has 0 radical (unpaired) electrons. The van der Waals surface area contributed by atoms with E-state index in [9.17, 15) is 4.79 Å². The highest BCUT2D eigenvalue weighted by atomic mass is 16.2. The first-order chi connectivity index (χ1) is 8.39. The summed E-state index contributed by atoms with van der Waals surface area (Å²) in [6.07, 6.45) is 1.63. The smallest absolute Gasteiger partial charge is 0.255 e. The second kappa shape index (κ2) is 5.96. The summed E-state index contributed by atoms with van der Waals surface area (Å²) in [6, 6.07) is 3.68. The second-order valence-corrected chi connectivity index (χ2v) is 5.38. The maximum Gasteiger partial charge on any atom is 0.255 e.